The Labute approximate surface area is 106 Å². The molecule has 4 heteroatoms. The van der Waals surface area contributed by atoms with Crippen molar-refractivity contribution in [2.45, 2.75) is 58.1 Å². The number of likely N-dealkylation sites (tertiary alicyclic amines) is 1. The van der Waals surface area contributed by atoms with Crippen LogP contribution in [0.4, 0.5) is 0 Å². The minimum atomic E-state index is -0.182. The molecular formula is C13H26BNO2. The second kappa shape index (κ2) is 4.56. The SMILES string of the molecule is CN1CCCC(CB2OC(C)(C)C(C)(C)O2)C1. The van der Waals surface area contributed by atoms with Gasteiger partial charge in [-0.05, 0) is 66.4 Å². The second-order valence-corrected chi connectivity index (χ2v) is 6.69. The molecule has 0 aromatic rings. The van der Waals surface area contributed by atoms with Gasteiger partial charge in [0.25, 0.3) is 0 Å². The minimum absolute atomic E-state index is 0.0171. The molecule has 0 spiro atoms. The average molecular weight is 239 g/mol. The Balaban J connectivity index is 1.89. The number of nitrogens with zero attached hydrogens (tertiary/aromatic N) is 1. The van der Waals surface area contributed by atoms with Gasteiger partial charge in [-0.3, -0.25) is 0 Å². The maximum atomic E-state index is 6.06. The Hall–Kier alpha value is -0.0551. The molecule has 0 N–H and O–H groups in total. The van der Waals surface area contributed by atoms with E-state index in [2.05, 4.69) is 39.6 Å². The molecule has 2 aliphatic heterocycles. The van der Waals surface area contributed by atoms with Crippen LogP contribution in [0.1, 0.15) is 40.5 Å². The molecule has 3 nitrogen and oxygen atoms in total. The minimum Gasteiger partial charge on any atom is -0.403 e. The molecule has 2 aliphatic rings. The largest absolute Gasteiger partial charge is 0.458 e. The molecule has 2 saturated heterocycles. The zero-order valence-corrected chi connectivity index (χ0v) is 12.0. The van der Waals surface area contributed by atoms with Crippen molar-refractivity contribution in [3.05, 3.63) is 0 Å². The van der Waals surface area contributed by atoms with E-state index in [0.717, 1.165) is 12.2 Å². The first kappa shape index (κ1) is 13.4. The highest BCUT2D eigenvalue weighted by atomic mass is 16.7. The summed E-state index contributed by atoms with van der Waals surface area (Å²) >= 11 is 0. The summed E-state index contributed by atoms with van der Waals surface area (Å²) in [5, 5.41) is 0. The van der Waals surface area contributed by atoms with E-state index in [-0.39, 0.29) is 18.3 Å². The third kappa shape index (κ3) is 2.86. The van der Waals surface area contributed by atoms with Gasteiger partial charge in [0.1, 0.15) is 0 Å². The Morgan fingerprint density at radius 3 is 2.29 bits per heavy atom. The lowest BCUT2D eigenvalue weighted by atomic mass is 9.74. The van der Waals surface area contributed by atoms with Gasteiger partial charge in [-0.1, -0.05) is 0 Å². The van der Waals surface area contributed by atoms with E-state index in [1.54, 1.807) is 0 Å². The molecule has 2 heterocycles. The van der Waals surface area contributed by atoms with Crippen LogP contribution in [0.5, 0.6) is 0 Å². The molecule has 0 aliphatic carbocycles. The molecule has 0 bridgehead atoms. The first-order chi connectivity index (χ1) is 7.80. The Morgan fingerprint density at radius 1 is 1.18 bits per heavy atom. The monoisotopic (exact) mass is 239 g/mol. The van der Waals surface area contributed by atoms with Crippen molar-refractivity contribution in [1.82, 2.24) is 4.90 Å². The molecule has 0 amide bonds. The molecule has 0 radical (unpaired) electrons. The molecule has 2 rings (SSSR count). The van der Waals surface area contributed by atoms with Crippen LogP contribution < -0.4 is 0 Å². The van der Waals surface area contributed by atoms with Crippen LogP contribution in [-0.4, -0.2) is 43.4 Å². The Morgan fingerprint density at radius 2 is 1.76 bits per heavy atom. The summed E-state index contributed by atoms with van der Waals surface area (Å²) in [6.07, 6.45) is 3.66. The lowest BCUT2D eigenvalue weighted by Crippen LogP contribution is -2.41. The lowest BCUT2D eigenvalue weighted by Gasteiger charge is -2.32. The van der Waals surface area contributed by atoms with E-state index in [4.69, 9.17) is 9.31 Å². The molecule has 17 heavy (non-hydrogen) atoms. The summed E-state index contributed by atoms with van der Waals surface area (Å²) in [6, 6.07) is 0. The van der Waals surface area contributed by atoms with Gasteiger partial charge >= 0.3 is 7.12 Å². The number of piperidine rings is 1. The van der Waals surface area contributed by atoms with Crippen LogP contribution in [0.2, 0.25) is 6.32 Å². The quantitative estimate of drug-likeness (QED) is 0.691. The molecule has 1 atom stereocenters. The zero-order valence-electron chi connectivity index (χ0n) is 12.0. The summed E-state index contributed by atoms with van der Waals surface area (Å²) in [4.78, 5) is 2.42. The van der Waals surface area contributed by atoms with Crippen LogP contribution in [0, 0.1) is 5.92 Å². The zero-order chi connectivity index (χ0) is 12.7. The van der Waals surface area contributed by atoms with Gasteiger partial charge in [-0.2, -0.15) is 0 Å². The predicted molar refractivity (Wildman–Crippen MR) is 71.1 cm³/mol. The summed E-state index contributed by atoms with van der Waals surface area (Å²) < 4.78 is 12.1. The first-order valence-electron chi connectivity index (χ1n) is 6.84. The summed E-state index contributed by atoms with van der Waals surface area (Å²) in [5.74, 6) is 0.725. The number of rotatable bonds is 2. The molecule has 1 unspecified atom stereocenters. The third-order valence-electron chi connectivity index (χ3n) is 4.55. The van der Waals surface area contributed by atoms with E-state index >= 15 is 0 Å². The van der Waals surface area contributed by atoms with Gasteiger partial charge in [0, 0.05) is 6.54 Å². The maximum absolute atomic E-state index is 6.06. The van der Waals surface area contributed by atoms with Crippen molar-refractivity contribution in [1.29, 1.82) is 0 Å². The molecule has 2 fully saturated rings. The van der Waals surface area contributed by atoms with Crippen LogP contribution in [0.25, 0.3) is 0 Å². The van der Waals surface area contributed by atoms with Gasteiger partial charge in [0.2, 0.25) is 0 Å². The van der Waals surface area contributed by atoms with Gasteiger partial charge in [0.15, 0.2) is 0 Å². The Bertz CT molecular complexity index is 265. The highest BCUT2D eigenvalue weighted by Crippen LogP contribution is 2.39. The second-order valence-electron chi connectivity index (χ2n) is 6.69. The standard InChI is InChI=1S/C13H26BNO2/c1-12(2)13(3,4)17-14(16-12)9-11-7-6-8-15(5)10-11/h11H,6-10H2,1-5H3. The molecule has 0 aromatic carbocycles. The van der Waals surface area contributed by atoms with Gasteiger partial charge in [0.05, 0.1) is 11.2 Å². The predicted octanol–water partition coefficient (Wildman–Crippen LogP) is 2.42. The average Bonchev–Trinajstić information content (AvgIpc) is 2.34. The van der Waals surface area contributed by atoms with E-state index in [0.29, 0.717) is 0 Å². The number of hydrogen-bond donors (Lipinski definition) is 0. The summed E-state index contributed by atoms with van der Waals surface area (Å²) in [6.45, 7) is 10.9. The fraction of sp³-hybridized carbons (Fsp3) is 1.00. The van der Waals surface area contributed by atoms with Crippen molar-refractivity contribution in [3.8, 4) is 0 Å². The van der Waals surface area contributed by atoms with Crippen LogP contribution >= 0.6 is 0 Å². The molecule has 98 valence electrons. The van der Waals surface area contributed by atoms with E-state index in [1.165, 1.54) is 25.9 Å². The van der Waals surface area contributed by atoms with Crippen LogP contribution in [-0.2, 0) is 9.31 Å². The molecular weight excluding hydrogens is 213 g/mol. The normalized spacial score (nSPS) is 33.0. The van der Waals surface area contributed by atoms with Crippen molar-refractivity contribution in [3.63, 3.8) is 0 Å². The van der Waals surface area contributed by atoms with Gasteiger partial charge in [-0.25, -0.2) is 0 Å². The lowest BCUT2D eigenvalue weighted by molar-refractivity contribution is 0.00578. The topological polar surface area (TPSA) is 21.7 Å². The first-order valence-corrected chi connectivity index (χ1v) is 6.84. The fourth-order valence-electron chi connectivity index (χ4n) is 2.80. The number of hydrogen-bond acceptors (Lipinski definition) is 3. The Kier molecular flexibility index (Phi) is 3.59. The summed E-state index contributed by atoms with van der Waals surface area (Å²) in [7, 11) is 2.19. The van der Waals surface area contributed by atoms with E-state index in [9.17, 15) is 0 Å². The summed E-state index contributed by atoms with van der Waals surface area (Å²) in [5.41, 5.74) is -0.365. The van der Waals surface area contributed by atoms with Crippen molar-refractivity contribution in [2.24, 2.45) is 5.92 Å². The third-order valence-corrected chi connectivity index (χ3v) is 4.55. The van der Waals surface area contributed by atoms with Crippen molar-refractivity contribution >= 4 is 7.12 Å². The van der Waals surface area contributed by atoms with Gasteiger partial charge < -0.3 is 14.2 Å². The maximum Gasteiger partial charge on any atom is 0.458 e. The van der Waals surface area contributed by atoms with E-state index < -0.39 is 0 Å². The molecule has 0 saturated carbocycles. The van der Waals surface area contributed by atoms with Crippen molar-refractivity contribution in [2.75, 3.05) is 20.1 Å². The van der Waals surface area contributed by atoms with Crippen LogP contribution in [0.3, 0.4) is 0 Å². The van der Waals surface area contributed by atoms with Gasteiger partial charge in [-0.15, -0.1) is 0 Å². The smallest absolute Gasteiger partial charge is 0.403 e. The fourth-order valence-corrected chi connectivity index (χ4v) is 2.80. The highest BCUT2D eigenvalue weighted by molar-refractivity contribution is 6.45. The van der Waals surface area contributed by atoms with Crippen LogP contribution in [0.15, 0.2) is 0 Å². The highest BCUT2D eigenvalue weighted by Gasteiger charge is 2.51. The molecule has 0 aromatic heterocycles. The van der Waals surface area contributed by atoms with E-state index in [1.807, 2.05) is 0 Å². The van der Waals surface area contributed by atoms with Crippen molar-refractivity contribution < 1.29 is 9.31 Å².